The van der Waals surface area contributed by atoms with Crippen LogP contribution in [0, 0.1) is 0 Å². The molecule has 104 valence electrons. The lowest BCUT2D eigenvalue weighted by atomic mass is 10.4. The number of rotatable bonds is 3. The minimum absolute atomic E-state index is 0. The Kier molecular flexibility index (Phi) is 4.75. The van der Waals surface area contributed by atoms with Crippen molar-refractivity contribution in [2.45, 2.75) is 14.0 Å². The number of halogens is 1. The first kappa shape index (κ1) is 16.1. The van der Waals surface area contributed by atoms with E-state index in [0.717, 1.165) is 6.07 Å². The zero-order valence-electron chi connectivity index (χ0n) is 9.25. The quantitative estimate of drug-likeness (QED) is 0.866. The van der Waals surface area contributed by atoms with Gasteiger partial charge in [0.1, 0.15) is 4.90 Å². The van der Waals surface area contributed by atoms with E-state index in [1.165, 1.54) is 29.6 Å². The second-order valence-corrected chi connectivity index (χ2v) is 7.81. The van der Waals surface area contributed by atoms with Gasteiger partial charge in [-0.2, -0.15) is 8.42 Å². The van der Waals surface area contributed by atoms with Crippen molar-refractivity contribution in [1.82, 2.24) is 0 Å². The molecular weight excluding hydrogens is 332 g/mol. The highest BCUT2D eigenvalue weighted by Crippen LogP contribution is 2.31. The Morgan fingerprint density at radius 3 is 2.05 bits per heavy atom. The molecule has 0 fully saturated rings. The summed E-state index contributed by atoms with van der Waals surface area (Å²) in [5, 5.41) is 1.30. The summed E-state index contributed by atoms with van der Waals surface area (Å²) in [4.78, 5) is -0.422. The molecule has 0 amide bonds. The third-order valence-corrected chi connectivity index (χ3v) is 6.56. The van der Waals surface area contributed by atoms with Crippen molar-refractivity contribution in [1.29, 1.82) is 0 Å². The summed E-state index contributed by atoms with van der Waals surface area (Å²) in [6.07, 6.45) is 0. The van der Waals surface area contributed by atoms with Gasteiger partial charge in [-0.3, -0.25) is 4.55 Å². The van der Waals surface area contributed by atoms with Gasteiger partial charge >= 0.3 is 10.1 Å². The maximum Gasteiger partial charge on any atom is 0.305 e. The van der Waals surface area contributed by atoms with Crippen LogP contribution in [-0.2, 0) is 20.0 Å². The number of hydrogen-bond acceptors (Lipinski definition) is 5. The molecule has 19 heavy (non-hydrogen) atoms. The SMILES string of the molecule is Cl.O=S(=O)(O)c1sccc1S(=O)(=O)c1ccccc1. The van der Waals surface area contributed by atoms with Crippen LogP contribution >= 0.6 is 23.7 Å². The topological polar surface area (TPSA) is 88.5 Å². The highest BCUT2D eigenvalue weighted by atomic mass is 35.5. The van der Waals surface area contributed by atoms with Crippen LogP contribution in [0.25, 0.3) is 0 Å². The van der Waals surface area contributed by atoms with Crippen molar-refractivity contribution < 1.29 is 21.4 Å². The van der Waals surface area contributed by atoms with E-state index in [2.05, 4.69) is 0 Å². The molecule has 0 saturated carbocycles. The van der Waals surface area contributed by atoms with Crippen molar-refractivity contribution >= 4 is 43.7 Å². The molecule has 0 atom stereocenters. The van der Waals surface area contributed by atoms with E-state index in [1.54, 1.807) is 6.07 Å². The Morgan fingerprint density at radius 2 is 1.53 bits per heavy atom. The minimum atomic E-state index is -4.54. The number of thiophene rings is 1. The summed E-state index contributed by atoms with van der Waals surface area (Å²) < 4.78 is 55.0. The maximum absolute atomic E-state index is 12.2. The monoisotopic (exact) mass is 340 g/mol. The summed E-state index contributed by atoms with van der Waals surface area (Å²) in [7, 11) is -8.48. The molecule has 0 saturated heterocycles. The van der Waals surface area contributed by atoms with Gasteiger partial charge in [0, 0.05) is 0 Å². The zero-order chi connectivity index (χ0) is 13.4. The molecule has 0 spiro atoms. The summed E-state index contributed by atoms with van der Waals surface area (Å²) in [5.74, 6) is 0. The Balaban J connectivity index is 0.00000180. The molecule has 0 unspecified atom stereocenters. The van der Waals surface area contributed by atoms with Gasteiger partial charge in [-0.1, -0.05) is 18.2 Å². The van der Waals surface area contributed by atoms with Gasteiger partial charge in [0.15, 0.2) is 4.21 Å². The van der Waals surface area contributed by atoms with Gasteiger partial charge in [0.05, 0.1) is 4.90 Å². The standard InChI is InChI=1S/C10H8O5S3.ClH/c11-17(12,8-4-2-1-3-5-8)9-6-7-16-10(9)18(13,14)15;/h1-7H,(H,13,14,15);1H. The first-order valence-corrected chi connectivity index (χ1v) is 8.49. The summed E-state index contributed by atoms with van der Waals surface area (Å²) in [6.45, 7) is 0. The van der Waals surface area contributed by atoms with E-state index in [0.29, 0.717) is 11.3 Å². The van der Waals surface area contributed by atoms with Crippen LogP contribution in [0.2, 0.25) is 0 Å². The van der Waals surface area contributed by atoms with Gasteiger partial charge in [0.25, 0.3) is 0 Å². The lowest BCUT2D eigenvalue weighted by Gasteiger charge is -2.03. The molecule has 1 N–H and O–H groups in total. The summed E-state index contributed by atoms with van der Waals surface area (Å²) in [6, 6.07) is 8.60. The molecule has 0 aliphatic carbocycles. The highest BCUT2D eigenvalue weighted by molar-refractivity contribution is 7.93. The second-order valence-electron chi connectivity index (χ2n) is 3.36. The van der Waals surface area contributed by atoms with Crippen LogP contribution in [0.4, 0.5) is 0 Å². The predicted molar refractivity (Wildman–Crippen MR) is 73.3 cm³/mol. The van der Waals surface area contributed by atoms with E-state index in [9.17, 15) is 16.8 Å². The molecule has 1 aromatic carbocycles. The van der Waals surface area contributed by atoms with Crippen LogP contribution in [0.1, 0.15) is 0 Å². The molecule has 9 heteroatoms. The van der Waals surface area contributed by atoms with E-state index >= 15 is 0 Å². The first-order valence-electron chi connectivity index (χ1n) is 4.68. The van der Waals surface area contributed by atoms with Gasteiger partial charge in [0.2, 0.25) is 9.84 Å². The normalized spacial score (nSPS) is 11.8. The molecule has 0 bridgehead atoms. The van der Waals surface area contributed by atoms with Crippen molar-refractivity contribution in [2.75, 3.05) is 0 Å². The Labute approximate surface area is 121 Å². The fourth-order valence-corrected chi connectivity index (χ4v) is 5.33. The summed E-state index contributed by atoms with van der Waals surface area (Å²) >= 11 is 0.661. The van der Waals surface area contributed by atoms with E-state index < -0.39 is 29.1 Å². The van der Waals surface area contributed by atoms with E-state index in [1.807, 2.05) is 0 Å². The lowest BCUT2D eigenvalue weighted by molar-refractivity contribution is 0.483. The van der Waals surface area contributed by atoms with Crippen LogP contribution < -0.4 is 0 Å². The van der Waals surface area contributed by atoms with Gasteiger partial charge in [-0.25, -0.2) is 8.42 Å². The third kappa shape index (κ3) is 3.15. The van der Waals surface area contributed by atoms with E-state index in [-0.39, 0.29) is 17.3 Å². The van der Waals surface area contributed by atoms with Gasteiger partial charge in [-0.05, 0) is 23.6 Å². The van der Waals surface area contributed by atoms with Gasteiger partial charge in [-0.15, -0.1) is 23.7 Å². The Bertz CT molecular complexity index is 763. The number of hydrogen-bond donors (Lipinski definition) is 1. The third-order valence-electron chi connectivity index (χ3n) is 2.17. The highest BCUT2D eigenvalue weighted by Gasteiger charge is 2.28. The molecule has 0 aliphatic heterocycles. The van der Waals surface area contributed by atoms with E-state index in [4.69, 9.17) is 4.55 Å². The molecule has 1 heterocycles. The average Bonchev–Trinajstić information content (AvgIpc) is 2.79. The average molecular weight is 341 g/mol. The lowest BCUT2D eigenvalue weighted by Crippen LogP contribution is -2.06. The minimum Gasteiger partial charge on any atom is -0.281 e. The van der Waals surface area contributed by atoms with Crippen LogP contribution in [0.5, 0.6) is 0 Å². The molecule has 2 aromatic rings. The number of sulfone groups is 1. The predicted octanol–water partition coefficient (Wildman–Crippen LogP) is 2.25. The molecule has 0 aliphatic rings. The van der Waals surface area contributed by atoms with Crippen molar-refractivity contribution in [3.8, 4) is 0 Å². The van der Waals surface area contributed by atoms with Crippen molar-refractivity contribution in [3.05, 3.63) is 41.8 Å². The molecule has 5 nitrogen and oxygen atoms in total. The molecule has 1 aromatic heterocycles. The molecular formula is C10H9ClO5S3. The fourth-order valence-electron chi connectivity index (χ4n) is 1.40. The largest absolute Gasteiger partial charge is 0.305 e. The molecule has 2 rings (SSSR count). The van der Waals surface area contributed by atoms with Crippen LogP contribution in [-0.4, -0.2) is 21.4 Å². The Morgan fingerprint density at radius 1 is 0.947 bits per heavy atom. The van der Waals surface area contributed by atoms with Crippen molar-refractivity contribution in [2.24, 2.45) is 0 Å². The van der Waals surface area contributed by atoms with Gasteiger partial charge < -0.3 is 0 Å². The smallest absolute Gasteiger partial charge is 0.281 e. The fraction of sp³-hybridized carbons (Fsp3) is 0. The zero-order valence-corrected chi connectivity index (χ0v) is 12.5. The Hall–Kier alpha value is -0.930. The number of benzene rings is 1. The van der Waals surface area contributed by atoms with Crippen LogP contribution in [0.3, 0.4) is 0 Å². The summed E-state index contributed by atoms with van der Waals surface area (Å²) in [5.41, 5.74) is 0. The second kappa shape index (κ2) is 5.59. The first-order chi connectivity index (χ1) is 8.33. The maximum atomic E-state index is 12.2. The van der Waals surface area contributed by atoms with Crippen molar-refractivity contribution in [3.63, 3.8) is 0 Å². The molecule has 0 radical (unpaired) electrons. The van der Waals surface area contributed by atoms with Crippen LogP contribution in [0.15, 0.2) is 55.8 Å².